The van der Waals surface area contributed by atoms with Crippen molar-refractivity contribution in [1.82, 2.24) is 0 Å². The first kappa shape index (κ1) is 61.8. The fraction of sp³-hybridized carbons (Fsp3) is 0.280. The van der Waals surface area contributed by atoms with E-state index in [1.54, 1.807) is 14.2 Å². The van der Waals surface area contributed by atoms with Crippen molar-refractivity contribution in [1.29, 1.82) is 0 Å². The summed E-state index contributed by atoms with van der Waals surface area (Å²) < 4.78 is 82.4. The summed E-state index contributed by atoms with van der Waals surface area (Å²) in [6.45, 7) is 0.949. The Balaban J connectivity index is 0.997. The van der Waals surface area contributed by atoms with Crippen LogP contribution in [0.2, 0.25) is 0 Å². The van der Waals surface area contributed by atoms with Crippen LogP contribution in [-0.4, -0.2) is 94.0 Å². The molecule has 0 aliphatic carbocycles. The van der Waals surface area contributed by atoms with Crippen molar-refractivity contribution in [3.05, 3.63) is 311 Å². The molecule has 0 radical (unpaired) electrons. The van der Waals surface area contributed by atoms with Gasteiger partial charge in [0.2, 0.25) is 0 Å². The summed E-state index contributed by atoms with van der Waals surface area (Å²) in [6, 6.07) is 85.5. The Hall–Kier alpha value is -7.86. The van der Waals surface area contributed by atoms with Gasteiger partial charge in [0.05, 0.1) is 67.1 Å². The Morgan fingerprint density at radius 2 is 0.602 bits per heavy atom. The van der Waals surface area contributed by atoms with Gasteiger partial charge in [-0.3, -0.25) is 0 Å². The zero-order valence-electron chi connectivity index (χ0n) is 49.6. The molecule has 0 aromatic heterocycles. The van der Waals surface area contributed by atoms with Crippen molar-refractivity contribution in [3.63, 3.8) is 0 Å². The molecule has 1 unspecified atom stereocenters. The molecule has 11 rings (SSSR count). The smallest absolute Gasteiger partial charge is 0.187 e. The number of aliphatic hydroxyl groups excluding tert-OH is 1. The normalized spacial score (nSPS) is 22.0. The van der Waals surface area contributed by atoms with Gasteiger partial charge in [-0.25, -0.2) is 0 Å². The summed E-state index contributed by atoms with van der Waals surface area (Å²) in [6.07, 6.45) is -9.80. The van der Waals surface area contributed by atoms with Crippen molar-refractivity contribution in [2.24, 2.45) is 0 Å². The molecule has 2 aliphatic heterocycles. The van der Waals surface area contributed by atoms with Crippen LogP contribution in [0, 0.1) is 0 Å². The van der Waals surface area contributed by atoms with Gasteiger partial charge < -0.3 is 61.9 Å². The minimum atomic E-state index is -1.46. The summed E-state index contributed by atoms with van der Waals surface area (Å²) in [4.78, 5) is 0. The molecule has 9 aromatic rings. The number of hydrogen-bond acceptors (Lipinski definition) is 13. The van der Waals surface area contributed by atoms with Gasteiger partial charge in [-0.2, -0.15) is 0 Å². The highest BCUT2D eigenvalue weighted by atomic mass is 16.7. The first-order chi connectivity index (χ1) is 43.4. The van der Waals surface area contributed by atoms with E-state index in [1.807, 2.05) is 249 Å². The minimum Gasteiger partial charge on any atom is -0.497 e. The molecule has 2 aliphatic rings. The average Bonchev–Trinajstić information content (AvgIpc) is 1.76. The molecular formula is C75H76O13. The Labute approximate surface area is 516 Å². The molecule has 13 heteroatoms. The second-order valence-corrected chi connectivity index (χ2v) is 21.8. The number of hydrogen-bond donors (Lipinski definition) is 1. The number of rotatable bonds is 29. The van der Waals surface area contributed by atoms with E-state index in [1.165, 1.54) is 0 Å². The highest BCUT2D eigenvalue weighted by Gasteiger charge is 2.53. The van der Waals surface area contributed by atoms with Crippen LogP contribution in [0.1, 0.15) is 50.1 Å². The average molecular weight is 1190 g/mol. The number of methoxy groups -OCH3 is 2. The second kappa shape index (κ2) is 31.4. The predicted octanol–water partition coefficient (Wildman–Crippen LogP) is 13.0. The van der Waals surface area contributed by atoms with Gasteiger partial charge >= 0.3 is 0 Å². The Kier molecular flexibility index (Phi) is 22.0. The third kappa shape index (κ3) is 15.9. The van der Waals surface area contributed by atoms with Gasteiger partial charge in [0.25, 0.3) is 0 Å². The first-order valence-corrected chi connectivity index (χ1v) is 30.0. The van der Waals surface area contributed by atoms with Crippen molar-refractivity contribution in [2.45, 2.75) is 107 Å². The van der Waals surface area contributed by atoms with E-state index in [-0.39, 0.29) is 52.9 Å². The molecule has 454 valence electrons. The predicted molar refractivity (Wildman–Crippen MR) is 334 cm³/mol. The molecule has 2 fully saturated rings. The van der Waals surface area contributed by atoms with Crippen LogP contribution in [0.3, 0.4) is 0 Å². The third-order valence-electron chi connectivity index (χ3n) is 16.0. The summed E-state index contributed by atoms with van der Waals surface area (Å²) >= 11 is 0. The lowest BCUT2D eigenvalue weighted by Crippen LogP contribution is -2.64. The topological polar surface area (TPSA) is 131 Å². The molecule has 1 N–H and O–H groups in total. The fourth-order valence-electron chi connectivity index (χ4n) is 11.4. The van der Waals surface area contributed by atoms with E-state index in [2.05, 4.69) is 12.1 Å². The van der Waals surface area contributed by atoms with E-state index in [0.717, 1.165) is 50.1 Å². The van der Waals surface area contributed by atoms with Crippen LogP contribution >= 0.6 is 0 Å². The van der Waals surface area contributed by atoms with Gasteiger partial charge in [-0.05, 0) is 74.3 Å². The lowest BCUT2D eigenvalue weighted by molar-refractivity contribution is -0.350. The Bertz CT molecular complexity index is 3360. The van der Waals surface area contributed by atoms with Crippen LogP contribution in [0.5, 0.6) is 11.5 Å². The maximum atomic E-state index is 12.3. The summed E-state index contributed by atoms with van der Waals surface area (Å²) in [5, 5.41) is 12.3. The maximum Gasteiger partial charge on any atom is 0.187 e. The van der Waals surface area contributed by atoms with Gasteiger partial charge in [0.1, 0.15) is 65.9 Å². The Morgan fingerprint density at radius 3 is 0.966 bits per heavy atom. The molecular weight excluding hydrogens is 1110 g/mol. The van der Waals surface area contributed by atoms with E-state index in [4.69, 9.17) is 56.8 Å². The zero-order valence-corrected chi connectivity index (χ0v) is 49.6. The van der Waals surface area contributed by atoms with E-state index in [9.17, 15) is 5.11 Å². The SMILES string of the molecule is COc1ccc(C(OC[C@H]2OC(OC[C@H]3O[C@H](O)[C@H](OCc4ccccc4)[C@@H](OCc4ccccc4)[C@@H]3OCc3ccccc3)[C@H](OCc3ccccc3)[C@@H](OCc3ccccc3)[C@@H]2OCc2ccccc2)(c2ccccc2)c2ccc(OC)cc2)cc1. The highest BCUT2D eigenvalue weighted by molar-refractivity contribution is 5.50. The number of ether oxygens (including phenoxy) is 12. The second-order valence-electron chi connectivity index (χ2n) is 21.8. The van der Waals surface area contributed by atoms with Gasteiger partial charge in [-0.1, -0.05) is 237 Å². The van der Waals surface area contributed by atoms with Crippen molar-refractivity contribution < 1.29 is 61.9 Å². The van der Waals surface area contributed by atoms with Crippen molar-refractivity contribution in [3.8, 4) is 11.5 Å². The fourth-order valence-corrected chi connectivity index (χ4v) is 11.4. The molecule has 0 amide bonds. The van der Waals surface area contributed by atoms with E-state index < -0.39 is 67.0 Å². The molecule has 9 aromatic carbocycles. The Morgan fingerprint density at radius 1 is 0.307 bits per heavy atom. The minimum absolute atomic E-state index is 0.0554. The van der Waals surface area contributed by atoms with Crippen LogP contribution in [-0.2, 0) is 92.6 Å². The standard InChI is InChI=1S/C75H76O13/c1-77-63-42-38-61(39-43-63)75(60-36-22-9-23-37-60,62-40-44-64(78-2)45-41-62)86-53-66-68(80-47-55-26-12-4-13-27-55)70(82-49-57-30-16-6-17-31-57)72(84-51-59-34-20-8-21-35-59)74(88-66)85-52-65-67(79-46-54-24-10-3-11-25-54)69(81-48-56-28-14-5-15-29-56)71(73(76)87-65)83-50-58-32-18-7-19-33-58/h3-45,65-74,76H,46-53H2,1-2H3/t65-,66-,67-,68-,69+,70+,71-,72-,73+,74?/m1/s1. The van der Waals surface area contributed by atoms with Crippen LogP contribution in [0.15, 0.2) is 261 Å². The van der Waals surface area contributed by atoms with Crippen molar-refractivity contribution in [2.75, 3.05) is 27.4 Å². The van der Waals surface area contributed by atoms with Gasteiger partial charge in [0, 0.05) is 0 Å². The lowest BCUT2D eigenvalue weighted by atomic mass is 9.80. The quantitative estimate of drug-likeness (QED) is 0.0447. The largest absolute Gasteiger partial charge is 0.497 e. The number of aliphatic hydroxyl groups is 1. The van der Waals surface area contributed by atoms with E-state index in [0.29, 0.717) is 11.5 Å². The van der Waals surface area contributed by atoms with Crippen LogP contribution < -0.4 is 9.47 Å². The summed E-state index contributed by atoms with van der Waals surface area (Å²) in [5.41, 5.74) is 6.89. The first-order valence-electron chi connectivity index (χ1n) is 30.0. The molecule has 0 saturated carbocycles. The van der Waals surface area contributed by atoms with Crippen LogP contribution in [0.25, 0.3) is 0 Å². The zero-order chi connectivity index (χ0) is 60.2. The molecule has 0 spiro atoms. The molecule has 10 atom stereocenters. The van der Waals surface area contributed by atoms with Crippen LogP contribution in [0.4, 0.5) is 0 Å². The van der Waals surface area contributed by atoms with Gasteiger partial charge in [-0.15, -0.1) is 0 Å². The van der Waals surface area contributed by atoms with Crippen molar-refractivity contribution >= 4 is 0 Å². The van der Waals surface area contributed by atoms with E-state index >= 15 is 0 Å². The molecule has 88 heavy (non-hydrogen) atoms. The summed E-state index contributed by atoms with van der Waals surface area (Å²) in [5.74, 6) is 1.38. The van der Waals surface area contributed by atoms with Gasteiger partial charge in [0.15, 0.2) is 12.6 Å². The third-order valence-corrected chi connectivity index (χ3v) is 16.0. The lowest BCUT2D eigenvalue weighted by Gasteiger charge is -2.48. The number of benzene rings is 9. The molecule has 0 bridgehead atoms. The maximum absolute atomic E-state index is 12.3. The molecule has 2 heterocycles. The molecule has 13 nitrogen and oxygen atoms in total. The monoisotopic (exact) mass is 1180 g/mol. The highest BCUT2D eigenvalue weighted by Crippen LogP contribution is 2.43. The molecule has 2 saturated heterocycles. The summed E-state index contributed by atoms with van der Waals surface area (Å²) in [7, 11) is 3.30.